The summed E-state index contributed by atoms with van der Waals surface area (Å²) in [4.78, 5) is 29.1. The van der Waals surface area contributed by atoms with Crippen LogP contribution in [-0.2, 0) is 0 Å². The van der Waals surface area contributed by atoms with E-state index in [1.165, 1.54) is 30.3 Å². The van der Waals surface area contributed by atoms with E-state index in [0.717, 1.165) is 5.56 Å². The number of para-hydroxylation sites is 1. The van der Waals surface area contributed by atoms with Crippen LogP contribution in [0.4, 0.5) is 15.8 Å². The van der Waals surface area contributed by atoms with Crippen LogP contribution in [0.1, 0.15) is 46.3 Å². The molecule has 142 valence electrons. The van der Waals surface area contributed by atoms with E-state index in [0.29, 0.717) is 11.4 Å². The summed E-state index contributed by atoms with van der Waals surface area (Å²) in [5.41, 5.74) is 2.39. The topological polar surface area (TPSA) is 71.1 Å². The molecule has 0 aliphatic rings. The SMILES string of the molecule is CC(C)c1ccccc1NC(=O)c1cccc(C(=O)Nc2ccc(F)cc2)n1. The van der Waals surface area contributed by atoms with Crippen LogP contribution in [0.3, 0.4) is 0 Å². The number of nitrogens with one attached hydrogen (secondary N) is 2. The minimum Gasteiger partial charge on any atom is -0.321 e. The molecule has 0 spiro atoms. The second-order valence-corrected chi connectivity index (χ2v) is 6.57. The number of carbonyl (C=O) groups is 2. The average Bonchev–Trinajstić information content (AvgIpc) is 2.70. The van der Waals surface area contributed by atoms with Crippen LogP contribution in [0.2, 0.25) is 0 Å². The highest BCUT2D eigenvalue weighted by Gasteiger charge is 2.15. The molecule has 1 aromatic heterocycles. The van der Waals surface area contributed by atoms with Crippen LogP contribution < -0.4 is 10.6 Å². The number of halogens is 1. The second kappa shape index (κ2) is 8.43. The van der Waals surface area contributed by atoms with Crippen LogP contribution >= 0.6 is 0 Å². The van der Waals surface area contributed by atoms with Crippen molar-refractivity contribution in [2.75, 3.05) is 10.6 Å². The van der Waals surface area contributed by atoms with E-state index in [1.54, 1.807) is 12.1 Å². The van der Waals surface area contributed by atoms with Gasteiger partial charge in [0, 0.05) is 11.4 Å². The van der Waals surface area contributed by atoms with Gasteiger partial charge in [-0.3, -0.25) is 9.59 Å². The van der Waals surface area contributed by atoms with Gasteiger partial charge in [-0.1, -0.05) is 38.1 Å². The molecule has 2 amide bonds. The Bertz CT molecular complexity index is 1000. The molecule has 3 aromatic rings. The molecule has 0 radical (unpaired) electrons. The number of hydrogen-bond donors (Lipinski definition) is 2. The van der Waals surface area contributed by atoms with Gasteiger partial charge >= 0.3 is 0 Å². The van der Waals surface area contributed by atoms with E-state index in [-0.39, 0.29) is 17.3 Å². The molecule has 3 rings (SSSR count). The summed E-state index contributed by atoms with van der Waals surface area (Å²) in [6, 6.07) is 17.6. The number of carbonyl (C=O) groups excluding carboxylic acids is 2. The minimum absolute atomic E-state index is 0.0918. The molecule has 0 aliphatic heterocycles. The lowest BCUT2D eigenvalue weighted by Gasteiger charge is -2.13. The summed E-state index contributed by atoms with van der Waals surface area (Å²) in [6.45, 7) is 4.09. The highest BCUT2D eigenvalue weighted by atomic mass is 19.1. The van der Waals surface area contributed by atoms with Crippen molar-refractivity contribution in [3.05, 3.63) is 89.5 Å². The standard InChI is InChI=1S/C22H20FN3O2/c1-14(2)17-6-3-4-7-18(17)26-22(28)20-9-5-8-19(25-20)21(27)24-16-12-10-15(23)11-13-16/h3-14H,1-2H3,(H,24,27)(H,26,28). The van der Waals surface area contributed by atoms with Crippen molar-refractivity contribution in [2.24, 2.45) is 0 Å². The first-order valence-corrected chi connectivity index (χ1v) is 8.88. The van der Waals surface area contributed by atoms with Gasteiger partial charge in [0.1, 0.15) is 17.2 Å². The zero-order valence-corrected chi connectivity index (χ0v) is 15.6. The molecule has 2 N–H and O–H groups in total. The molecule has 0 bridgehead atoms. The molecule has 5 nitrogen and oxygen atoms in total. The number of rotatable bonds is 5. The monoisotopic (exact) mass is 377 g/mol. The van der Waals surface area contributed by atoms with Gasteiger partial charge in [-0.15, -0.1) is 0 Å². The average molecular weight is 377 g/mol. The van der Waals surface area contributed by atoms with Gasteiger partial charge in [-0.25, -0.2) is 9.37 Å². The molecular formula is C22H20FN3O2. The van der Waals surface area contributed by atoms with E-state index in [2.05, 4.69) is 15.6 Å². The number of anilines is 2. The number of hydrogen-bond acceptors (Lipinski definition) is 3. The zero-order chi connectivity index (χ0) is 20.1. The Labute approximate surface area is 162 Å². The third-order valence-electron chi connectivity index (χ3n) is 4.15. The fourth-order valence-corrected chi connectivity index (χ4v) is 2.72. The first kappa shape index (κ1) is 19.2. The molecule has 0 fully saturated rings. The fraction of sp³-hybridized carbons (Fsp3) is 0.136. The van der Waals surface area contributed by atoms with Gasteiger partial charge < -0.3 is 10.6 Å². The summed E-state index contributed by atoms with van der Waals surface area (Å²) in [5, 5.41) is 5.48. The van der Waals surface area contributed by atoms with Crippen molar-refractivity contribution in [3.63, 3.8) is 0 Å². The van der Waals surface area contributed by atoms with E-state index in [1.807, 2.05) is 38.1 Å². The normalized spacial score (nSPS) is 10.6. The van der Waals surface area contributed by atoms with E-state index < -0.39 is 17.6 Å². The molecule has 1 heterocycles. The zero-order valence-electron chi connectivity index (χ0n) is 15.6. The summed E-state index contributed by atoms with van der Waals surface area (Å²) < 4.78 is 13.0. The van der Waals surface area contributed by atoms with E-state index in [4.69, 9.17) is 0 Å². The molecule has 0 saturated carbocycles. The van der Waals surface area contributed by atoms with Crippen molar-refractivity contribution in [3.8, 4) is 0 Å². The second-order valence-electron chi connectivity index (χ2n) is 6.57. The summed E-state index contributed by atoms with van der Waals surface area (Å²) in [6.07, 6.45) is 0. The van der Waals surface area contributed by atoms with Crippen molar-refractivity contribution in [2.45, 2.75) is 19.8 Å². The molecule has 0 atom stereocenters. The molecule has 28 heavy (non-hydrogen) atoms. The third-order valence-corrected chi connectivity index (χ3v) is 4.15. The molecule has 2 aromatic carbocycles. The highest BCUT2D eigenvalue weighted by Crippen LogP contribution is 2.24. The molecule has 0 unspecified atom stereocenters. The molecule has 0 aliphatic carbocycles. The smallest absolute Gasteiger partial charge is 0.274 e. The Morgan fingerprint density at radius 1 is 0.821 bits per heavy atom. The van der Waals surface area contributed by atoms with Crippen LogP contribution in [-0.4, -0.2) is 16.8 Å². The van der Waals surface area contributed by atoms with Crippen molar-refractivity contribution in [1.29, 1.82) is 0 Å². The lowest BCUT2D eigenvalue weighted by Crippen LogP contribution is -2.19. The minimum atomic E-state index is -0.483. The largest absolute Gasteiger partial charge is 0.321 e. The third kappa shape index (κ3) is 4.59. The van der Waals surface area contributed by atoms with Crippen LogP contribution in [0, 0.1) is 5.82 Å². The van der Waals surface area contributed by atoms with Crippen molar-refractivity contribution in [1.82, 2.24) is 4.98 Å². The lowest BCUT2D eigenvalue weighted by molar-refractivity contribution is 0.101. The van der Waals surface area contributed by atoms with Gasteiger partial charge in [0.05, 0.1) is 0 Å². The highest BCUT2D eigenvalue weighted by molar-refractivity contribution is 6.06. The predicted octanol–water partition coefficient (Wildman–Crippen LogP) is 4.85. The molecule has 6 heteroatoms. The molecule has 0 saturated heterocycles. The van der Waals surface area contributed by atoms with E-state index in [9.17, 15) is 14.0 Å². The number of amides is 2. The van der Waals surface area contributed by atoms with Gasteiger partial charge in [-0.05, 0) is 53.9 Å². The summed E-state index contributed by atoms with van der Waals surface area (Å²) >= 11 is 0. The Morgan fingerprint density at radius 2 is 1.43 bits per heavy atom. The Morgan fingerprint density at radius 3 is 2.07 bits per heavy atom. The quantitative estimate of drug-likeness (QED) is 0.668. The predicted molar refractivity (Wildman–Crippen MR) is 107 cm³/mol. The fourth-order valence-electron chi connectivity index (χ4n) is 2.72. The number of aromatic nitrogens is 1. The van der Waals surface area contributed by atoms with Crippen LogP contribution in [0.5, 0.6) is 0 Å². The van der Waals surface area contributed by atoms with Gasteiger partial charge in [0.15, 0.2) is 0 Å². The van der Waals surface area contributed by atoms with Crippen molar-refractivity contribution < 1.29 is 14.0 Å². The van der Waals surface area contributed by atoms with Gasteiger partial charge in [-0.2, -0.15) is 0 Å². The summed E-state index contributed by atoms with van der Waals surface area (Å²) in [7, 11) is 0. The maximum atomic E-state index is 13.0. The van der Waals surface area contributed by atoms with Crippen LogP contribution in [0.15, 0.2) is 66.7 Å². The van der Waals surface area contributed by atoms with E-state index >= 15 is 0 Å². The van der Waals surface area contributed by atoms with Crippen molar-refractivity contribution >= 4 is 23.2 Å². The Balaban J connectivity index is 1.76. The first-order valence-electron chi connectivity index (χ1n) is 8.88. The maximum absolute atomic E-state index is 13.0. The molecular weight excluding hydrogens is 357 g/mol. The van der Waals surface area contributed by atoms with Gasteiger partial charge in [0.2, 0.25) is 0 Å². The lowest BCUT2D eigenvalue weighted by atomic mass is 10.0. The number of benzene rings is 2. The number of pyridine rings is 1. The van der Waals surface area contributed by atoms with Gasteiger partial charge in [0.25, 0.3) is 11.8 Å². The van der Waals surface area contributed by atoms with Crippen LogP contribution in [0.25, 0.3) is 0 Å². The Hall–Kier alpha value is -3.54. The maximum Gasteiger partial charge on any atom is 0.274 e. The summed E-state index contributed by atoms with van der Waals surface area (Å²) in [5.74, 6) is -1.03. The number of nitrogens with zero attached hydrogens (tertiary/aromatic N) is 1. The Kier molecular flexibility index (Phi) is 5.79. The first-order chi connectivity index (χ1) is 13.4.